The molecule has 0 radical (unpaired) electrons. The van der Waals surface area contributed by atoms with E-state index in [2.05, 4.69) is 11.0 Å². The van der Waals surface area contributed by atoms with Crippen molar-refractivity contribution in [2.75, 3.05) is 19.6 Å². The topological polar surface area (TPSA) is 36.3 Å². The molecule has 0 spiro atoms. The van der Waals surface area contributed by atoms with Crippen LogP contribution in [0.4, 0.5) is 0 Å². The van der Waals surface area contributed by atoms with E-state index in [4.69, 9.17) is 10.00 Å². The minimum atomic E-state index is 0.329. The summed E-state index contributed by atoms with van der Waals surface area (Å²) in [5.41, 5.74) is 0.689. The normalized spacial score (nSPS) is 21.4. The van der Waals surface area contributed by atoms with Gasteiger partial charge in [-0.1, -0.05) is 19.3 Å². The molecule has 1 aliphatic heterocycles. The van der Waals surface area contributed by atoms with Crippen molar-refractivity contribution in [3.8, 4) is 11.8 Å². The molecule has 0 N–H and O–H groups in total. The summed E-state index contributed by atoms with van der Waals surface area (Å²) in [7, 11) is 0. The first-order valence-electron chi connectivity index (χ1n) is 8.72. The summed E-state index contributed by atoms with van der Waals surface area (Å²) in [6, 6.07) is 9.61. The Hall–Kier alpha value is -1.53. The van der Waals surface area contributed by atoms with Gasteiger partial charge in [0.25, 0.3) is 0 Å². The van der Waals surface area contributed by atoms with Crippen molar-refractivity contribution in [3.63, 3.8) is 0 Å². The van der Waals surface area contributed by atoms with Gasteiger partial charge in [0.15, 0.2) is 0 Å². The molecule has 3 heteroatoms. The molecule has 2 fully saturated rings. The Labute approximate surface area is 133 Å². The van der Waals surface area contributed by atoms with Crippen molar-refractivity contribution in [1.29, 1.82) is 5.26 Å². The molecule has 0 atom stereocenters. The summed E-state index contributed by atoms with van der Waals surface area (Å²) in [6.45, 7) is 3.62. The van der Waals surface area contributed by atoms with Crippen LogP contribution in [-0.4, -0.2) is 30.6 Å². The molecule has 3 rings (SSSR count). The lowest BCUT2D eigenvalue weighted by molar-refractivity contribution is 0.0863. The van der Waals surface area contributed by atoms with E-state index in [1.165, 1.54) is 38.6 Å². The summed E-state index contributed by atoms with van der Waals surface area (Å²) < 4.78 is 6.06. The van der Waals surface area contributed by atoms with Gasteiger partial charge in [0.05, 0.1) is 11.6 Å². The first kappa shape index (κ1) is 15.4. The van der Waals surface area contributed by atoms with Crippen molar-refractivity contribution < 1.29 is 4.74 Å². The zero-order valence-corrected chi connectivity index (χ0v) is 13.3. The van der Waals surface area contributed by atoms with Crippen molar-refractivity contribution in [2.24, 2.45) is 5.92 Å². The lowest BCUT2D eigenvalue weighted by Crippen LogP contribution is -2.40. The highest BCUT2D eigenvalue weighted by atomic mass is 16.5. The second kappa shape index (κ2) is 7.65. The second-order valence-corrected chi connectivity index (χ2v) is 6.76. The summed E-state index contributed by atoms with van der Waals surface area (Å²) in [5.74, 6) is 1.83. The molecule has 1 aromatic carbocycles. The smallest absolute Gasteiger partial charge is 0.119 e. The van der Waals surface area contributed by atoms with Crippen LogP contribution in [0.3, 0.4) is 0 Å². The largest absolute Gasteiger partial charge is 0.490 e. The highest BCUT2D eigenvalue weighted by Gasteiger charge is 2.23. The van der Waals surface area contributed by atoms with E-state index in [1.807, 2.05) is 24.3 Å². The van der Waals surface area contributed by atoms with Crippen molar-refractivity contribution >= 4 is 0 Å². The number of piperidine rings is 1. The Morgan fingerprint density at radius 1 is 1.00 bits per heavy atom. The lowest BCUT2D eigenvalue weighted by Gasteiger charge is -2.35. The molecule has 2 aliphatic rings. The zero-order valence-electron chi connectivity index (χ0n) is 13.3. The van der Waals surface area contributed by atoms with Gasteiger partial charge in [0, 0.05) is 19.6 Å². The van der Waals surface area contributed by atoms with Crippen LogP contribution in [0, 0.1) is 17.2 Å². The van der Waals surface area contributed by atoms with Crippen LogP contribution in [0.25, 0.3) is 0 Å². The highest BCUT2D eigenvalue weighted by molar-refractivity contribution is 5.34. The molecule has 1 aromatic rings. The number of ether oxygens (including phenoxy) is 1. The van der Waals surface area contributed by atoms with Crippen molar-refractivity contribution in [1.82, 2.24) is 4.90 Å². The predicted molar refractivity (Wildman–Crippen MR) is 87.8 cm³/mol. The van der Waals surface area contributed by atoms with Gasteiger partial charge in [0.1, 0.15) is 11.9 Å². The van der Waals surface area contributed by atoms with Crippen LogP contribution >= 0.6 is 0 Å². The number of hydrogen-bond donors (Lipinski definition) is 0. The minimum absolute atomic E-state index is 0.329. The Bertz CT molecular complexity index is 491. The van der Waals surface area contributed by atoms with Crippen LogP contribution in [-0.2, 0) is 0 Å². The first-order valence-corrected chi connectivity index (χ1v) is 8.72. The maximum absolute atomic E-state index is 8.82. The summed E-state index contributed by atoms with van der Waals surface area (Å²) in [6.07, 6.45) is 9.74. The molecular formula is C19H26N2O. The summed E-state index contributed by atoms with van der Waals surface area (Å²) in [5, 5.41) is 8.82. The van der Waals surface area contributed by atoms with Gasteiger partial charge in [0.2, 0.25) is 0 Å². The van der Waals surface area contributed by atoms with E-state index in [9.17, 15) is 0 Å². The molecule has 118 valence electrons. The summed E-state index contributed by atoms with van der Waals surface area (Å²) in [4.78, 5) is 2.63. The Morgan fingerprint density at radius 3 is 2.32 bits per heavy atom. The van der Waals surface area contributed by atoms with Gasteiger partial charge in [-0.25, -0.2) is 0 Å². The number of hydrogen-bond acceptors (Lipinski definition) is 3. The van der Waals surface area contributed by atoms with Crippen LogP contribution in [0.2, 0.25) is 0 Å². The molecule has 0 amide bonds. The van der Waals surface area contributed by atoms with Gasteiger partial charge < -0.3 is 9.64 Å². The van der Waals surface area contributed by atoms with E-state index < -0.39 is 0 Å². The third kappa shape index (κ3) is 4.24. The van der Waals surface area contributed by atoms with Gasteiger partial charge in [-0.2, -0.15) is 5.26 Å². The molecule has 0 aromatic heterocycles. The van der Waals surface area contributed by atoms with Crippen LogP contribution in [0.15, 0.2) is 24.3 Å². The summed E-state index contributed by atoms with van der Waals surface area (Å²) >= 11 is 0. The monoisotopic (exact) mass is 298 g/mol. The molecule has 0 unspecified atom stereocenters. The maximum Gasteiger partial charge on any atom is 0.119 e. The number of benzene rings is 1. The predicted octanol–water partition coefficient (Wildman–Crippen LogP) is 3.98. The quantitative estimate of drug-likeness (QED) is 0.843. The van der Waals surface area contributed by atoms with Gasteiger partial charge in [-0.15, -0.1) is 0 Å². The number of likely N-dealkylation sites (tertiary alicyclic amines) is 1. The van der Waals surface area contributed by atoms with Crippen LogP contribution in [0.5, 0.6) is 5.75 Å². The Kier molecular flexibility index (Phi) is 5.34. The Balaban J connectivity index is 1.42. The number of nitriles is 1. The standard InChI is InChI=1S/C19H26N2O/c20-14-16-6-8-18(9-7-16)22-19-10-12-21(13-11-19)15-17-4-2-1-3-5-17/h6-9,17,19H,1-5,10-13,15H2. The molecule has 1 saturated carbocycles. The molecule has 22 heavy (non-hydrogen) atoms. The van der Waals surface area contributed by atoms with Crippen LogP contribution < -0.4 is 4.74 Å². The fourth-order valence-electron chi connectivity index (χ4n) is 3.75. The second-order valence-electron chi connectivity index (χ2n) is 6.76. The molecule has 0 bridgehead atoms. The molecular weight excluding hydrogens is 272 g/mol. The zero-order chi connectivity index (χ0) is 15.2. The lowest BCUT2D eigenvalue weighted by atomic mass is 9.88. The average Bonchev–Trinajstić information content (AvgIpc) is 2.58. The van der Waals surface area contributed by atoms with E-state index in [0.29, 0.717) is 11.7 Å². The first-order chi connectivity index (χ1) is 10.8. The SMILES string of the molecule is N#Cc1ccc(OC2CCN(CC3CCCCC3)CC2)cc1. The van der Waals surface area contributed by atoms with E-state index in [1.54, 1.807) is 0 Å². The molecule has 1 aliphatic carbocycles. The molecule has 3 nitrogen and oxygen atoms in total. The average molecular weight is 298 g/mol. The van der Waals surface area contributed by atoms with Gasteiger partial charge in [-0.05, 0) is 55.9 Å². The third-order valence-electron chi connectivity index (χ3n) is 5.06. The molecule has 1 heterocycles. The van der Waals surface area contributed by atoms with Gasteiger partial charge >= 0.3 is 0 Å². The van der Waals surface area contributed by atoms with Crippen molar-refractivity contribution in [3.05, 3.63) is 29.8 Å². The Morgan fingerprint density at radius 2 is 1.68 bits per heavy atom. The van der Waals surface area contributed by atoms with Crippen molar-refractivity contribution in [2.45, 2.75) is 51.0 Å². The highest BCUT2D eigenvalue weighted by Crippen LogP contribution is 2.26. The van der Waals surface area contributed by atoms with Gasteiger partial charge in [-0.3, -0.25) is 0 Å². The van der Waals surface area contributed by atoms with E-state index >= 15 is 0 Å². The molecule has 1 saturated heterocycles. The minimum Gasteiger partial charge on any atom is -0.490 e. The number of nitrogens with zero attached hydrogens (tertiary/aromatic N) is 2. The third-order valence-corrected chi connectivity index (χ3v) is 5.06. The maximum atomic E-state index is 8.82. The van der Waals surface area contributed by atoms with Crippen LogP contribution in [0.1, 0.15) is 50.5 Å². The van der Waals surface area contributed by atoms with E-state index in [0.717, 1.165) is 37.6 Å². The van der Waals surface area contributed by atoms with E-state index in [-0.39, 0.29) is 0 Å². The number of rotatable bonds is 4. The fourth-order valence-corrected chi connectivity index (χ4v) is 3.75. The fraction of sp³-hybridized carbons (Fsp3) is 0.632.